The number of rotatable bonds is 1. The Kier molecular flexibility index (Phi) is 1.62. The van der Waals surface area contributed by atoms with Crippen LogP contribution in [0.15, 0.2) is 29.1 Å². The van der Waals surface area contributed by atoms with Crippen LogP contribution < -0.4 is 10.4 Å². The van der Waals surface area contributed by atoms with E-state index in [1.807, 2.05) is 18.2 Å². The second-order valence-electron chi connectivity index (χ2n) is 2.80. The topological polar surface area (TPSA) is 36.2 Å². The Morgan fingerprint density at radius 1 is 1.31 bits per heavy atom. The minimum absolute atomic E-state index is 0.0440. The highest BCUT2D eigenvalue weighted by Gasteiger charge is 2.08. The number of hydrogen-bond donors (Lipinski definition) is 0. The zero-order valence-electron chi connectivity index (χ0n) is 7.52. The van der Waals surface area contributed by atoms with Crippen LogP contribution in [-0.2, 0) is 7.05 Å². The molecule has 0 aliphatic heterocycles. The van der Waals surface area contributed by atoms with E-state index in [1.54, 1.807) is 13.1 Å². The second kappa shape index (κ2) is 2.65. The van der Waals surface area contributed by atoms with Crippen LogP contribution in [0.5, 0.6) is 0 Å². The molecular formula is C9H10N2O2. The van der Waals surface area contributed by atoms with Crippen LogP contribution in [0.4, 0.5) is 0 Å². The fraction of sp³-hybridized carbons (Fsp3) is 0.222. The van der Waals surface area contributed by atoms with E-state index < -0.39 is 0 Å². The third-order valence-corrected chi connectivity index (χ3v) is 2.08. The highest BCUT2D eigenvalue weighted by Crippen LogP contribution is 2.07. The van der Waals surface area contributed by atoms with Gasteiger partial charge in [0, 0.05) is 7.05 Å². The van der Waals surface area contributed by atoms with Gasteiger partial charge in [0.15, 0.2) is 0 Å². The Balaban J connectivity index is 2.98. The van der Waals surface area contributed by atoms with Gasteiger partial charge in [0.25, 0.3) is 5.56 Å². The van der Waals surface area contributed by atoms with Crippen LogP contribution in [0.3, 0.4) is 0 Å². The van der Waals surface area contributed by atoms with Gasteiger partial charge in [-0.3, -0.25) is 4.79 Å². The standard InChI is InChI=1S/C9H10N2O2/c1-10-9(12)7-5-3-4-6-8(7)11(10)13-2/h3-6H,1-2H3. The maximum atomic E-state index is 11.6. The maximum absolute atomic E-state index is 11.6. The van der Waals surface area contributed by atoms with Gasteiger partial charge in [-0.2, -0.15) is 0 Å². The number of nitrogens with zero attached hydrogens (tertiary/aromatic N) is 2. The van der Waals surface area contributed by atoms with Gasteiger partial charge >= 0.3 is 0 Å². The largest absolute Gasteiger partial charge is 0.401 e. The number of fused-ring (bicyclic) bond motifs is 1. The summed E-state index contributed by atoms with van der Waals surface area (Å²) in [6.45, 7) is 0. The van der Waals surface area contributed by atoms with Crippen molar-refractivity contribution in [2.75, 3.05) is 7.11 Å². The molecule has 0 aliphatic rings. The van der Waals surface area contributed by atoms with Gasteiger partial charge in [0.1, 0.15) is 12.6 Å². The highest BCUT2D eigenvalue weighted by molar-refractivity contribution is 5.78. The van der Waals surface area contributed by atoms with E-state index in [0.29, 0.717) is 5.39 Å². The summed E-state index contributed by atoms with van der Waals surface area (Å²) in [7, 11) is 3.21. The summed E-state index contributed by atoms with van der Waals surface area (Å²) in [5, 5.41) is 0.673. The zero-order valence-corrected chi connectivity index (χ0v) is 7.52. The third-order valence-electron chi connectivity index (χ3n) is 2.08. The summed E-state index contributed by atoms with van der Waals surface area (Å²) >= 11 is 0. The van der Waals surface area contributed by atoms with Crippen molar-refractivity contribution in [3.8, 4) is 0 Å². The van der Waals surface area contributed by atoms with Crippen molar-refractivity contribution in [3.05, 3.63) is 34.6 Å². The van der Waals surface area contributed by atoms with E-state index in [4.69, 9.17) is 4.84 Å². The van der Waals surface area contributed by atoms with Gasteiger partial charge in [-0.15, -0.1) is 4.85 Å². The van der Waals surface area contributed by atoms with Crippen LogP contribution in [0.25, 0.3) is 10.9 Å². The molecule has 0 saturated carbocycles. The van der Waals surface area contributed by atoms with E-state index in [2.05, 4.69) is 0 Å². The molecule has 0 radical (unpaired) electrons. The molecule has 68 valence electrons. The molecule has 4 heteroatoms. The molecule has 0 N–H and O–H groups in total. The van der Waals surface area contributed by atoms with Gasteiger partial charge in [-0.05, 0) is 12.1 Å². The van der Waals surface area contributed by atoms with Crippen LogP contribution >= 0.6 is 0 Å². The molecule has 2 aromatic rings. The number of para-hydroxylation sites is 1. The molecule has 0 fully saturated rings. The lowest BCUT2D eigenvalue weighted by Gasteiger charge is -2.04. The summed E-state index contributed by atoms with van der Waals surface area (Å²) in [4.78, 5) is 18.1. The monoisotopic (exact) mass is 178 g/mol. The molecule has 1 heterocycles. The normalized spacial score (nSPS) is 10.6. The first-order valence-electron chi connectivity index (χ1n) is 3.97. The minimum Gasteiger partial charge on any atom is -0.401 e. The lowest BCUT2D eigenvalue weighted by Crippen LogP contribution is -2.22. The predicted octanol–water partition coefficient (Wildman–Crippen LogP) is 0.398. The first-order chi connectivity index (χ1) is 6.25. The summed E-state index contributed by atoms with van der Waals surface area (Å²) in [6.07, 6.45) is 0. The van der Waals surface area contributed by atoms with Crippen molar-refractivity contribution in [3.63, 3.8) is 0 Å². The molecule has 2 rings (SSSR count). The first kappa shape index (κ1) is 7.91. The molecule has 4 nitrogen and oxygen atoms in total. The molecule has 0 atom stereocenters. The lowest BCUT2D eigenvalue weighted by atomic mass is 10.3. The molecule has 0 saturated heterocycles. The molecule has 13 heavy (non-hydrogen) atoms. The van der Waals surface area contributed by atoms with E-state index >= 15 is 0 Å². The zero-order chi connectivity index (χ0) is 9.42. The molecule has 0 unspecified atom stereocenters. The van der Waals surface area contributed by atoms with Gasteiger partial charge in [0.05, 0.1) is 5.39 Å². The SMILES string of the molecule is COn1c2ccccc2c(=O)n1C. The van der Waals surface area contributed by atoms with E-state index in [9.17, 15) is 4.79 Å². The van der Waals surface area contributed by atoms with Gasteiger partial charge < -0.3 is 4.84 Å². The second-order valence-corrected chi connectivity index (χ2v) is 2.80. The lowest BCUT2D eigenvalue weighted by molar-refractivity contribution is 0.115. The maximum Gasteiger partial charge on any atom is 0.277 e. The Morgan fingerprint density at radius 2 is 2.00 bits per heavy atom. The van der Waals surface area contributed by atoms with Crippen molar-refractivity contribution >= 4 is 10.9 Å². The molecule has 0 bridgehead atoms. The van der Waals surface area contributed by atoms with Crippen molar-refractivity contribution < 1.29 is 4.84 Å². The fourth-order valence-electron chi connectivity index (χ4n) is 1.46. The Labute approximate surface area is 74.9 Å². The Hall–Kier alpha value is -1.71. The summed E-state index contributed by atoms with van der Waals surface area (Å²) in [5.41, 5.74) is 0.745. The van der Waals surface area contributed by atoms with Crippen molar-refractivity contribution in [1.82, 2.24) is 9.53 Å². The van der Waals surface area contributed by atoms with Crippen LogP contribution in [0.2, 0.25) is 0 Å². The summed E-state index contributed by atoms with van der Waals surface area (Å²) in [6, 6.07) is 7.34. The average molecular weight is 178 g/mol. The highest BCUT2D eigenvalue weighted by atomic mass is 16.7. The van der Waals surface area contributed by atoms with E-state index in [1.165, 1.54) is 16.6 Å². The van der Waals surface area contributed by atoms with Gasteiger partial charge in [-0.1, -0.05) is 12.1 Å². The number of benzene rings is 1. The van der Waals surface area contributed by atoms with Crippen LogP contribution in [0.1, 0.15) is 0 Å². The van der Waals surface area contributed by atoms with Gasteiger partial charge in [-0.25, -0.2) is 4.68 Å². The summed E-state index contributed by atoms with van der Waals surface area (Å²) in [5.74, 6) is 0. The van der Waals surface area contributed by atoms with Crippen molar-refractivity contribution in [2.24, 2.45) is 7.05 Å². The van der Waals surface area contributed by atoms with Crippen molar-refractivity contribution in [2.45, 2.75) is 0 Å². The molecule has 0 aliphatic carbocycles. The van der Waals surface area contributed by atoms with E-state index in [0.717, 1.165) is 5.52 Å². The average Bonchev–Trinajstić information content (AvgIpc) is 2.41. The number of aromatic nitrogens is 2. The third kappa shape index (κ3) is 0.950. The quantitative estimate of drug-likeness (QED) is 0.633. The molecule has 1 aromatic heterocycles. The number of hydrogen-bond acceptors (Lipinski definition) is 2. The fourth-order valence-corrected chi connectivity index (χ4v) is 1.46. The van der Waals surface area contributed by atoms with Crippen LogP contribution in [-0.4, -0.2) is 16.6 Å². The Morgan fingerprint density at radius 3 is 2.69 bits per heavy atom. The van der Waals surface area contributed by atoms with Gasteiger partial charge in [0.2, 0.25) is 0 Å². The molecule has 0 amide bonds. The van der Waals surface area contributed by atoms with Crippen LogP contribution in [0, 0.1) is 0 Å². The van der Waals surface area contributed by atoms with Crippen molar-refractivity contribution in [1.29, 1.82) is 0 Å². The first-order valence-corrected chi connectivity index (χ1v) is 3.97. The Bertz CT molecular complexity index is 496. The molecule has 0 spiro atoms. The predicted molar refractivity (Wildman–Crippen MR) is 49.7 cm³/mol. The smallest absolute Gasteiger partial charge is 0.277 e. The van der Waals surface area contributed by atoms with E-state index in [-0.39, 0.29) is 5.56 Å². The molecule has 1 aromatic carbocycles. The minimum atomic E-state index is -0.0440. The summed E-state index contributed by atoms with van der Waals surface area (Å²) < 4.78 is 1.44. The molecular weight excluding hydrogens is 168 g/mol.